The molecular weight excluding hydrogens is 270 g/mol. The molecule has 100 valence electrons. The first kappa shape index (κ1) is 13.6. The van der Waals surface area contributed by atoms with Crippen LogP contribution in [0.25, 0.3) is 0 Å². The van der Waals surface area contributed by atoms with E-state index in [2.05, 4.69) is 10.3 Å². The van der Waals surface area contributed by atoms with E-state index in [9.17, 15) is 13.6 Å². The third kappa shape index (κ3) is 3.35. The number of thiazole rings is 1. The second-order valence-corrected chi connectivity index (χ2v) is 5.38. The summed E-state index contributed by atoms with van der Waals surface area (Å²) in [6.07, 6.45) is 0.177. The zero-order valence-corrected chi connectivity index (χ0v) is 11.3. The number of benzene rings is 1. The number of hydrogen-bond acceptors (Lipinski definition) is 3. The van der Waals surface area contributed by atoms with Gasteiger partial charge in [-0.25, -0.2) is 13.8 Å². The zero-order valence-electron chi connectivity index (χ0n) is 10.5. The fourth-order valence-corrected chi connectivity index (χ4v) is 2.60. The van der Waals surface area contributed by atoms with Crippen LogP contribution in [0.3, 0.4) is 0 Å². The summed E-state index contributed by atoms with van der Waals surface area (Å²) in [5.74, 6) is -2.20. The summed E-state index contributed by atoms with van der Waals surface area (Å²) >= 11 is 1.45. The Morgan fingerprint density at radius 3 is 2.63 bits per heavy atom. The molecule has 3 nitrogen and oxygen atoms in total. The number of nitrogens with one attached hydrogen (secondary N) is 1. The molecule has 1 aromatic carbocycles. The summed E-state index contributed by atoms with van der Waals surface area (Å²) in [7, 11) is 0. The van der Waals surface area contributed by atoms with Gasteiger partial charge < -0.3 is 5.32 Å². The quantitative estimate of drug-likeness (QED) is 0.939. The minimum atomic E-state index is -0.984. The van der Waals surface area contributed by atoms with Gasteiger partial charge in [0.05, 0.1) is 17.1 Å². The molecule has 1 N–H and O–H groups in total. The number of aromatic nitrogens is 1. The molecule has 19 heavy (non-hydrogen) atoms. The molecule has 0 fully saturated rings. The number of amides is 1. The van der Waals surface area contributed by atoms with Gasteiger partial charge in [-0.1, -0.05) is 0 Å². The lowest BCUT2D eigenvalue weighted by atomic mass is 10.2. The van der Waals surface area contributed by atoms with Crippen molar-refractivity contribution in [2.45, 2.75) is 20.3 Å². The van der Waals surface area contributed by atoms with E-state index in [-0.39, 0.29) is 18.0 Å². The molecule has 6 heteroatoms. The van der Waals surface area contributed by atoms with Crippen molar-refractivity contribution in [3.05, 3.63) is 45.4 Å². The molecule has 0 unspecified atom stereocenters. The van der Waals surface area contributed by atoms with Gasteiger partial charge in [-0.05, 0) is 26.0 Å². The molecule has 0 saturated carbocycles. The van der Waals surface area contributed by atoms with E-state index in [1.165, 1.54) is 17.4 Å². The first-order valence-electron chi connectivity index (χ1n) is 5.63. The minimum Gasteiger partial charge on any atom is -0.326 e. The van der Waals surface area contributed by atoms with Crippen molar-refractivity contribution in [3.63, 3.8) is 0 Å². The van der Waals surface area contributed by atoms with Crippen LogP contribution in [0.4, 0.5) is 14.5 Å². The first-order chi connectivity index (χ1) is 8.95. The third-order valence-electron chi connectivity index (χ3n) is 2.52. The summed E-state index contributed by atoms with van der Waals surface area (Å²) in [5.41, 5.74) is 1.06. The van der Waals surface area contributed by atoms with E-state index >= 15 is 0 Å². The number of carbonyl (C=O) groups excluding carboxylic acids is 1. The Morgan fingerprint density at radius 2 is 2.05 bits per heavy atom. The molecule has 2 rings (SSSR count). The fraction of sp³-hybridized carbons (Fsp3) is 0.231. The molecule has 2 aromatic rings. The van der Waals surface area contributed by atoms with Crippen LogP contribution < -0.4 is 5.32 Å². The van der Waals surface area contributed by atoms with Crippen molar-refractivity contribution in [1.82, 2.24) is 4.98 Å². The molecule has 0 bridgehead atoms. The molecule has 0 radical (unpaired) electrons. The van der Waals surface area contributed by atoms with Gasteiger partial charge in [0.15, 0.2) is 11.6 Å². The number of anilines is 1. The van der Waals surface area contributed by atoms with Crippen molar-refractivity contribution in [2.24, 2.45) is 0 Å². The molecule has 1 amide bonds. The molecule has 0 aliphatic carbocycles. The summed E-state index contributed by atoms with van der Waals surface area (Å²) in [5, 5.41) is 3.42. The Morgan fingerprint density at radius 1 is 1.32 bits per heavy atom. The third-order valence-corrected chi connectivity index (χ3v) is 3.60. The van der Waals surface area contributed by atoms with Crippen LogP contribution in [0.15, 0.2) is 18.2 Å². The van der Waals surface area contributed by atoms with Crippen LogP contribution >= 0.6 is 11.3 Å². The lowest BCUT2D eigenvalue weighted by Crippen LogP contribution is -2.14. The monoisotopic (exact) mass is 282 g/mol. The van der Waals surface area contributed by atoms with E-state index in [1.54, 1.807) is 0 Å². The summed E-state index contributed by atoms with van der Waals surface area (Å²) in [6.45, 7) is 3.71. The molecular formula is C13H12F2N2OS. The highest BCUT2D eigenvalue weighted by Gasteiger charge is 2.11. The van der Waals surface area contributed by atoms with Crippen LogP contribution in [0.5, 0.6) is 0 Å². The van der Waals surface area contributed by atoms with E-state index in [4.69, 9.17) is 0 Å². The molecule has 0 aliphatic heterocycles. The highest BCUT2D eigenvalue weighted by Crippen LogP contribution is 2.19. The highest BCUT2D eigenvalue weighted by atomic mass is 32.1. The normalized spacial score (nSPS) is 10.5. The highest BCUT2D eigenvalue weighted by molar-refractivity contribution is 7.11. The van der Waals surface area contributed by atoms with Crippen molar-refractivity contribution >= 4 is 22.9 Å². The maximum absolute atomic E-state index is 13.0. The van der Waals surface area contributed by atoms with Gasteiger partial charge in [0.25, 0.3) is 0 Å². The predicted molar refractivity (Wildman–Crippen MR) is 70.3 cm³/mol. The van der Waals surface area contributed by atoms with Gasteiger partial charge in [-0.15, -0.1) is 11.3 Å². The van der Waals surface area contributed by atoms with Gasteiger partial charge in [0, 0.05) is 16.6 Å². The van der Waals surface area contributed by atoms with Gasteiger partial charge in [0.2, 0.25) is 5.91 Å². The summed E-state index contributed by atoms with van der Waals surface area (Å²) in [4.78, 5) is 16.9. The van der Waals surface area contributed by atoms with Gasteiger partial charge in [-0.2, -0.15) is 0 Å². The lowest BCUT2D eigenvalue weighted by Gasteiger charge is -2.05. The molecule has 0 spiro atoms. The Balaban J connectivity index is 2.05. The SMILES string of the molecule is Cc1nc(C)c(CC(=O)Nc2ccc(F)c(F)c2)s1. The maximum atomic E-state index is 13.0. The summed E-state index contributed by atoms with van der Waals surface area (Å²) in [6, 6.07) is 3.26. The first-order valence-corrected chi connectivity index (χ1v) is 6.45. The molecule has 0 saturated heterocycles. The van der Waals surface area contributed by atoms with E-state index < -0.39 is 11.6 Å². The van der Waals surface area contributed by atoms with E-state index in [1.807, 2.05) is 13.8 Å². The van der Waals surface area contributed by atoms with E-state index in [0.29, 0.717) is 0 Å². The average molecular weight is 282 g/mol. The number of aryl methyl sites for hydroxylation is 2. The number of hydrogen-bond donors (Lipinski definition) is 1. The maximum Gasteiger partial charge on any atom is 0.229 e. The van der Waals surface area contributed by atoms with Crippen LogP contribution in [0.1, 0.15) is 15.6 Å². The molecule has 1 aromatic heterocycles. The van der Waals surface area contributed by atoms with Crippen molar-refractivity contribution < 1.29 is 13.6 Å². The molecule has 0 aliphatic rings. The minimum absolute atomic E-state index is 0.177. The number of rotatable bonds is 3. The topological polar surface area (TPSA) is 42.0 Å². The Labute approximate surface area is 113 Å². The van der Waals surface area contributed by atoms with Gasteiger partial charge >= 0.3 is 0 Å². The Hall–Kier alpha value is -1.82. The standard InChI is InChI=1S/C13H12F2N2OS/c1-7-12(19-8(2)16-7)6-13(18)17-9-3-4-10(14)11(15)5-9/h3-5H,6H2,1-2H3,(H,17,18). The Bertz CT molecular complexity index is 625. The summed E-state index contributed by atoms with van der Waals surface area (Å²) < 4.78 is 25.7. The van der Waals surface area contributed by atoms with Gasteiger partial charge in [-0.3, -0.25) is 4.79 Å². The molecule has 1 heterocycles. The van der Waals surface area contributed by atoms with Crippen molar-refractivity contribution in [2.75, 3.05) is 5.32 Å². The van der Waals surface area contributed by atoms with E-state index in [0.717, 1.165) is 27.7 Å². The van der Waals surface area contributed by atoms with Crippen LogP contribution in [-0.4, -0.2) is 10.9 Å². The number of halogens is 2. The van der Waals surface area contributed by atoms with Gasteiger partial charge in [0.1, 0.15) is 0 Å². The van der Waals surface area contributed by atoms with Crippen molar-refractivity contribution in [1.29, 1.82) is 0 Å². The number of nitrogens with zero attached hydrogens (tertiary/aromatic N) is 1. The molecule has 0 atom stereocenters. The largest absolute Gasteiger partial charge is 0.326 e. The fourth-order valence-electron chi connectivity index (χ4n) is 1.66. The second-order valence-electron chi connectivity index (χ2n) is 4.10. The lowest BCUT2D eigenvalue weighted by molar-refractivity contribution is -0.115. The number of carbonyl (C=O) groups is 1. The Kier molecular flexibility index (Phi) is 3.90. The average Bonchev–Trinajstić information content (AvgIpc) is 2.62. The second kappa shape index (κ2) is 5.44. The van der Waals surface area contributed by atoms with Crippen LogP contribution in [-0.2, 0) is 11.2 Å². The van der Waals surface area contributed by atoms with Crippen LogP contribution in [0, 0.1) is 25.5 Å². The van der Waals surface area contributed by atoms with Crippen molar-refractivity contribution in [3.8, 4) is 0 Å². The van der Waals surface area contributed by atoms with Crippen LogP contribution in [0.2, 0.25) is 0 Å². The zero-order chi connectivity index (χ0) is 14.0. The smallest absolute Gasteiger partial charge is 0.229 e. The predicted octanol–water partition coefficient (Wildman–Crippen LogP) is 3.22.